The van der Waals surface area contributed by atoms with Crippen molar-refractivity contribution in [2.45, 2.75) is 32.5 Å². The van der Waals surface area contributed by atoms with Crippen molar-refractivity contribution in [2.24, 2.45) is 11.5 Å². The number of hydrogen-bond donors (Lipinski definition) is 2. The minimum absolute atomic E-state index is 0.200. The monoisotopic (exact) mass is 285 g/mol. The lowest BCUT2D eigenvalue weighted by atomic mass is 10.3. The SMILES string of the molecule is CCCn1cc([N+](=O)[O-])c(=O)n(CC(N)C(N)=O)c1=O. The van der Waals surface area contributed by atoms with Crippen LogP contribution in [0.5, 0.6) is 0 Å². The Morgan fingerprint density at radius 1 is 1.50 bits per heavy atom. The standard InChI is InChI=1S/C10H15N5O5/c1-2-3-13-5-7(15(19)20)9(17)14(10(13)18)4-6(11)8(12)16/h5-6H,2-4,11H2,1H3,(H2,12,16). The molecule has 0 radical (unpaired) electrons. The van der Waals surface area contributed by atoms with Crippen molar-refractivity contribution < 1.29 is 9.72 Å². The summed E-state index contributed by atoms with van der Waals surface area (Å²) >= 11 is 0. The second kappa shape index (κ2) is 6.10. The molecule has 0 spiro atoms. The number of primary amides is 1. The quantitative estimate of drug-likeness (QED) is 0.461. The molecule has 1 aromatic rings. The Morgan fingerprint density at radius 2 is 2.10 bits per heavy atom. The van der Waals surface area contributed by atoms with Crippen LogP contribution in [0.15, 0.2) is 15.8 Å². The van der Waals surface area contributed by atoms with Gasteiger partial charge in [-0.05, 0) is 6.42 Å². The Labute approximate surface area is 112 Å². The van der Waals surface area contributed by atoms with Gasteiger partial charge in [0, 0.05) is 6.54 Å². The summed E-state index contributed by atoms with van der Waals surface area (Å²) < 4.78 is 1.59. The first kappa shape index (κ1) is 15.6. The van der Waals surface area contributed by atoms with Crippen LogP contribution >= 0.6 is 0 Å². The van der Waals surface area contributed by atoms with Gasteiger partial charge in [-0.25, -0.2) is 4.79 Å². The zero-order valence-electron chi connectivity index (χ0n) is 10.8. The Kier molecular flexibility index (Phi) is 4.75. The van der Waals surface area contributed by atoms with E-state index in [4.69, 9.17) is 11.5 Å². The van der Waals surface area contributed by atoms with Gasteiger partial charge in [-0.15, -0.1) is 0 Å². The highest BCUT2D eigenvalue weighted by atomic mass is 16.6. The predicted octanol–water partition coefficient (Wildman–Crippen LogP) is -1.86. The smallest absolute Gasteiger partial charge is 0.350 e. The molecule has 1 heterocycles. The van der Waals surface area contributed by atoms with E-state index in [2.05, 4.69) is 0 Å². The molecule has 1 aromatic heterocycles. The fourth-order valence-electron chi connectivity index (χ4n) is 1.61. The summed E-state index contributed by atoms with van der Waals surface area (Å²) in [5.41, 5.74) is 7.71. The number of nitrogens with two attached hydrogens (primary N) is 2. The molecule has 0 fully saturated rings. The van der Waals surface area contributed by atoms with Gasteiger partial charge in [0.15, 0.2) is 0 Å². The van der Waals surface area contributed by atoms with Gasteiger partial charge in [-0.2, -0.15) is 0 Å². The van der Waals surface area contributed by atoms with E-state index < -0.39 is 40.4 Å². The van der Waals surface area contributed by atoms with Crippen molar-refractivity contribution in [1.29, 1.82) is 0 Å². The molecule has 4 N–H and O–H groups in total. The van der Waals surface area contributed by atoms with Gasteiger partial charge >= 0.3 is 16.9 Å². The molecule has 0 aliphatic heterocycles. The third-order valence-electron chi connectivity index (χ3n) is 2.62. The summed E-state index contributed by atoms with van der Waals surface area (Å²) in [5, 5.41) is 10.8. The molecule has 1 rings (SSSR count). The van der Waals surface area contributed by atoms with Crippen LogP contribution in [-0.2, 0) is 17.9 Å². The Bertz CT molecular complexity index is 646. The third kappa shape index (κ3) is 3.09. The number of carbonyl (C=O) groups excluding carboxylic acids is 1. The van der Waals surface area contributed by atoms with Gasteiger partial charge in [-0.3, -0.25) is 28.8 Å². The molecule has 0 aliphatic carbocycles. The molecule has 0 saturated heterocycles. The third-order valence-corrected chi connectivity index (χ3v) is 2.62. The molecule has 1 amide bonds. The average molecular weight is 285 g/mol. The molecule has 110 valence electrons. The lowest BCUT2D eigenvalue weighted by Gasteiger charge is -2.11. The second-order valence-corrected chi connectivity index (χ2v) is 4.17. The largest absolute Gasteiger partial charge is 0.368 e. The lowest BCUT2D eigenvalue weighted by molar-refractivity contribution is -0.387. The van der Waals surface area contributed by atoms with Crippen molar-refractivity contribution in [3.63, 3.8) is 0 Å². The first-order valence-corrected chi connectivity index (χ1v) is 5.83. The number of carbonyl (C=O) groups is 1. The van der Waals surface area contributed by atoms with Gasteiger partial charge in [0.2, 0.25) is 5.91 Å². The normalized spacial score (nSPS) is 12.1. The first-order valence-electron chi connectivity index (χ1n) is 5.83. The average Bonchev–Trinajstić information content (AvgIpc) is 2.37. The summed E-state index contributed by atoms with van der Waals surface area (Å²) in [6, 6.07) is -1.28. The van der Waals surface area contributed by atoms with Crippen LogP contribution in [0.3, 0.4) is 0 Å². The maximum absolute atomic E-state index is 12.0. The number of nitrogens with zero attached hydrogens (tertiary/aromatic N) is 3. The maximum Gasteiger partial charge on any atom is 0.350 e. The van der Waals surface area contributed by atoms with Crippen LogP contribution < -0.4 is 22.7 Å². The zero-order valence-corrected chi connectivity index (χ0v) is 10.8. The molecule has 10 heteroatoms. The summed E-state index contributed by atoms with van der Waals surface area (Å²) in [6.07, 6.45) is 1.43. The van der Waals surface area contributed by atoms with Crippen molar-refractivity contribution in [1.82, 2.24) is 9.13 Å². The van der Waals surface area contributed by atoms with Crippen LogP contribution in [0.2, 0.25) is 0 Å². The van der Waals surface area contributed by atoms with E-state index in [0.717, 1.165) is 10.8 Å². The van der Waals surface area contributed by atoms with Gasteiger partial charge < -0.3 is 11.5 Å². The summed E-state index contributed by atoms with van der Waals surface area (Å²) in [5.74, 6) is -0.912. The number of rotatable bonds is 6. The Morgan fingerprint density at radius 3 is 2.55 bits per heavy atom. The summed E-state index contributed by atoms with van der Waals surface area (Å²) in [4.78, 5) is 44.7. The number of hydrogen-bond acceptors (Lipinski definition) is 6. The number of aromatic nitrogens is 2. The first-order chi connectivity index (χ1) is 9.29. The van der Waals surface area contributed by atoms with E-state index in [1.165, 1.54) is 0 Å². The molecule has 0 bridgehead atoms. The van der Waals surface area contributed by atoms with Gasteiger partial charge in [-0.1, -0.05) is 6.92 Å². The van der Waals surface area contributed by atoms with E-state index in [0.29, 0.717) is 11.0 Å². The number of amides is 1. The minimum Gasteiger partial charge on any atom is -0.368 e. The predicted molar refractivity (Wildman–Crippen MR) is 69.1 cm³/mol. The van der Waals surface area contributed by atoms with E-state index in [-0.39, 0.29) is 6.54 Å². The van der Waals surface area contributed by atoms with Crippen LogP contribution in [0.1, 0.15) is 13.3 Å². The van der Waals surface area contributed by atoms with Crippen LogP contribution in [0.4, 0.5) is 5.69 Å². The summed E-state index contributed by atoms with van der Waals surface area (Å²) in [6.45, 7) is 1.47. The Hall–Kier alpha value is -2.49. The fourth-order valence-corrected chi connectivity index (χ4v) is 1.61. The number of nitro groups is 1. The highest BCUT2D eigenvalue weighted by Crippen LogP contribution is 2.01. The van der Waals surface area contributed by atoms with Crippen molar-refractivity contribution in [3.8, 4) is 0 Å². The highest BCUT2D eigenvalue weighted by molar-refractivity contribution is 5.79. The molecule has 1 unspecified atom stereocenters. The van der Waals surface area contributed by atoms with E-state index in [1.807, 2.05) is 0 Å². The van der Waals surface area contributed by atoms with Crippen molar-refractivity contribution in [3.05, 3.63) is 37.1 Å². The fraction of sp³-hybridized carbons (Fsp3) is 0.500. The van der Waals surface area contributed by atoms with Crippen LogP contribution in [0.25, 0.3) is 0 Å². The van der Waals surface area contributed by atoms with Gasteiger partial charge in [0.05, 0.1) is 17.7 Å². The molecule has 20 heavy (non-hydrogen) atoms. The zero-order chi connectivity index (χ0) is 15.4. The van der Waals surface area contributed by atoms with E-state index >= 15 is 0 Å². The van der Waals surface area contributed by atoms with Crippen LogP contribution in [-0.4, -0.2) is 26.0 Å². The summed E-state index contributed by atoms with van der Waals surface area (Å²) in [7, 11) is 0. The lowest BCUT2D eigenvalue weighted by Crippen LogP contribution is -2.48. The van der Waals surface area contributed by atoms with Crippen molar-refractivity contribution in [2.75, 3.05) is 0 Å². The molecular weight excluding hydrogens is 270 g/mol. The van der Waals surface area contributed by atoms with E-state index in [1.54, 1.807) is 6.92 Å². The molecular formula is C10H15N5O5. The maximum atomic E-state index is 12.0. The molecule has 0 aromatic carbocycles. The molecule has 0 aliphatic rings. The van der Waals surface area contributed by atoms with Gasteiger partial charge in [0.25, 0.3) is 0 Å². The van der Waals surface area contributed by atoms with E-state index in [9.17, 15) is 24.5 Å². The second-order valence-electron chi connectivity index (χ2n) is 4.17. The minimum atomic E-state index is -1.28. The topological polar surface area (TPSA) is 156 Å². The molecule has 1 atom stereocenters. The van der Waals surface area contributed by atoms with Gasteiger partial charge in [0.1, 0.15) is 6.04 Å². The number of aryl methyl sites for hydroxylation is 1. The van der Waals surface area contributed by atoms with Crippen molar-refractivity contribution >= 4 is 11.6 Å². The van der Waals surface area contributed by atoms with Crippen LogP contribution in [0, 0.1) is 10.1 Å². The Balaban J connectivity index is 3.48. The highest BCUT2D eigenvalue weighted by Gasteiger charge is 2.22. The molecule has 10 nitrogen and oxygen atoms in total. The molecule has 0 saturated carbocycles.